The van der Waals surface area contributed by atoms with Gasteiger partial charge < -0.3 is 4.57 Å². The third-order valence-electron chi connectivity index (χ3n) is 9.16. The topological polar surface area (TPSA) is 27.7 Å². The van der Waals surface area contributed by atoms with Crippen LogP contribution in [0.2, 0.25) is 13.1 Å². The van der Waals surface area contributed by atoms with Crippen molar-refractivity contribution in [2.75, 3.05) is 0 Å². The van der Waals surface area contributed by atoms with E-state index in [1.807, 2.05) is 6.20 Å². The molecule has 46 heavy (non-hydrogen) atoms. The van der Waals surface area contributed by atoms with Crippen LogP contribution in [0.3, 0.4) is 0 Å². The maximum Gasteiger partial charge on any atom is 0.188 e. The van der Waals surface area contributed by atoms with Crippen molar-refractivity contribution in [3.05, 3.63) is 121 Å². The second-order valence-corrected chi connectivity index (χ2v) is 19.1. The average Bonchev–Trinajstić information content (AvgIpc) is 3.57. The predicted octanol–water partition coefficient (Wildman–Crippen LogP) is 8.68. The SMILES string of the molecule is CC(C)(C)c1ccnc(-n2c3[c-]c([Si](C)(C)c4[c-]c(-n5[cH+]n(C(C)(C)C)c6ccccc65)ccc4)ccc3c3ccccc32)c1.[Pt]. The predicted molar refractivity (Wildman–Crippen MR) is 192 cm³/mol. The summed E-state index contributed by atoms with van der Waals surface area (Å²) in [5.74, 6) is 0.932. The minimum absolute atomic E-state index is 0. The van der Waals surface area contributed by atoms with Crippen LogP contribution in [0.25, 0.3) is 44.3 Å². The van der Waals surface area contributed by atoms with Crippen LogP contribution < -0.4 is 10.4 Å². The number of hydrogen-bond donors (Lipinski definition) is 0. The minimum Gasteiger partial charge on any atom is -0.319 e. The van der Waals surface area contributed by atoms with E-state index in [0.29, 0.717) is 0 Å². The summed E-state index contributed by atoms with van der Waals surface area (Å²) >= 11 is 0. The summed E-state index contributed by atoms with van der Waals surface area (Å²) in [6.45, 7) is 18.3. The Morgan fingerprint density at radius 1 is 0.696 bits per heavy atom. The first-order valence-electron chi connectivity index (χ1n) is 15.8. The standard InChI is InChI=1S/C40H41N4Si.Pt/c1-39(2,3)28-22-23-41-38(24-28)44-34-17-10-9-16-32(34)33-21-20-31(26-37(33)44)45(7,8)30-15-13-14-29(25-30)42-27-43(40(4,5)6)36-19-12-11-18-35(36)42;/h9-24,27H,1-8H3;/q-1;. The molecule has 0 spiro atoms. The number of rotatable bonds is 4. The van der Waals surface area contributed by atoms with E-state index in [2.05, 4.69) is 178 Å². The molecule has 236 valence electrons. The molecule has 0 bridgehead atoms. The van der Waals surface area contributed by atoms with Gasteiger partial charge in [-0.25, -0.2) is 14.1 Å². The Morgan fingerprint density at radius 2 is 1.37 bits per heavy atom. The molecular weight excluding hydrogens is 760 g/mol. The summed E-state index contributed by atoms with van der Waals surface area (Å²) in [6.07, 6.45) is 4.16. The van der Waals surface area contributed by atoms with Gasteiger partial charge in [-0.05, 0) is 67.5 Å². The van der Waals surface area contributed by atoms with E-state index in [0.717, 1.165) is 22.5 Å². The maximum absolute atomic E-state index is 4.88. The molecule has 0 fully saturated rings. The van der Waals surface area contributed by atoms with Crippen LogP contribution in [0, 0.1) is 12.1 Å². The summed E-state index contributed by atoms with van der Waals surface area (Å²) in [5, 5.41) is 4.93. The molecule has 7 aromatic rings. The van der Waals surface area contributed by atoms with E-state index in [-0.39, 0.29) is 32.0 Å². The number of fused-ring (bicyclic) bond motifs is 4. The van der Waals surface area contributed by atoms with Gasteiger partial charge >= 0.3 is 0 Å². The molecule has 0 saturated heterocycles. The van der Waals surface area contributed by atoms with Crippen molar-refractivity contribution in [2.45, 2.75) is 65.6 Å². The first-order chi connectivity index (χ1) is 21.3. The molecule has 0 atom stereocenters. The van der Waals surface area contributed by atoms with Crippen LogP contribution in [-0.2, 0) is 32.0 Å². The van der Waals surface area contributed by atoms with E-state index in [4.69, 9.17) is 4.98 Å². The summed E-state index contributed by atoms with van der Waals surface area (Å²) in [4.78, 5) is 4.88. The molecule has 6 heteroatoms. The van der Waals surface area contributed by atoms with Gasteiger partial charge in [0, 0.05) is 50.6 Å². The zero-order valence-corrected chi connectivity index (χ0v) is 31.2. The number of pyridine rings is 1. The fraction of sp³-hybridized carbons (Fsp3) is 0.250. The Hall–Kier alpha value is -3.79. The molecule has 0 saturated carbocycles. The van der Waals surface area contributed by atoms with Crippen LogP contribution in [-0.4, -0.2) is 26.8 Å². The van der Waals surface area contributed by atoms with Crippen LogP contribution in [0.15, 0.2) is 104 Å². The van der Waals surface area contributed by atoms with Crippen molar-refractivity contribution >= 4 is 51.3 Å². The van der Waals surface area contributed by atoms with E-state index < -0.39 is 8.07 Å². The summed E-state index contributed by atoms with van der Waals surface area (Å²) in [6, 6.07) is 40.6. The molecule has 0 N–H and O–H groups in total. The fourth-order valence-corrected chi connectivity index (χ4v) is 8.62. The molecule has 0 aliphatic heterocycles. The zero-order valence-electron chi connectivity index (χ0n) is 27.9. The number of aromatic nitrogens is 4. The Bertz CT molecular complexity index is 2230. The van der Waals surface area contributed by atoms with Crippen LogP contribution in [0.4, 0.5) is 0 Å². The first kappa shape index (κ1) is 32.2. The van der Waals surface area contributed by atoms with Crippen molar-refractivity contribution in [3.63, 3.8) is 0 Å². The van der Waals surface area contributed by atoms with E-state index >= 15 is 0 Å². The monoisotopic (exact) mass is 800 g/mol. The quantitative estimate of drug-likeness (QED) is 0.129. The van der Waals surface area contributed by atoms with Crippen molar-refractivity contribution < 1.29 is 21.1 Å². The van der Waals surface area contributed by atoms with E-state index in [1.54, 1.807) is 0 Å². The molecule has 4 aromatic carbocycles. The largest absolute Gasteiger partial charge is 0.319 e. The normalized spacial score (nSPS) is 12.6. The van der Waals surface area contributed by atoms with Gasteiger partial charge in [0.1, 0.15) is 5.82 Å². The van der Waals surface area contributed by atoms with Gasteiger partial charge in [0.05, 0.1) is 13.6 Å². The molecule has 3 heterocycles. The van der Waals surface area contributed by atoms with E-state index in [9.17, 15) is 0 Å². The van der Waals surface area contributed by atoms with Gasteiger partial charge in [-0.2, -0.15) is 40.7 Å². The second kappa shape index (κ2) is 11.5. The molecule has 3 aromatic heterocycles. The summed E-state index contributed by atoms with van der Waals surface area (Å²) < 4.78 is 6.94. The molecule has 0 aliphatic rings. The summed E-state index contributed by atoms with van der Waals surface area (Å²) in [7, 11) is -2.21. The number of nitrogens with zero attached hydrogens (tertiary/aromatic N) is 4. The third-order valence-corrected chi connectivity index (χ3v) is 12.4. The van der Waals surface area contributed by atoms with Crippen LogP contribution >= 0.6 is 0 Å². The maximum atomic E-state index is 4.88. The Morgan fingerprint density at radius 3 is 2.09 bits per heavy atom. The molecule has 0 radical (unpaired) electrons. The molecule has 7 rings (SSSR count). The van der Waals surface area contributed by atoms with Crippen LogP contribution in [0.5, 0.6) is 0 Å². The minimum atomic E-state index is -2.21. The number of imidazole rings is 1. The summed E-state index contributed by atoms with van der Waals surface area (Å²) in [5.41, 5.74) is 6.94. The van der Waals surface area contributed by atoms with Gasteiger partial charge in [0.25, 0.3) is 0 Å². The zero-order chi connectivity index (χ0) is 31.7. The molecule has 0 unspecified atom stereocenters. The van der Waals surface area contributed by atoms with Gasteiger partial charge in [0.15, 0.2) is 17.4 Å². The van der Waals surface area contributed by atoms with Gasteiger partial charge in [-0.1, -0.05) is 57.6 Å². The van der Waals surface area contributed by atoms with Gasteiger partial charge in [-0.15, -0.1) is 17.5 Å². The fourth-order valence-electron chi connectivity index (χ4n) is 6.45. The van der Waals surface area contributed by atoms with Gasteiger partial charge in [-0.3, -0.25) is 0 Å². The molecule has 0 amide bonds. The Kier molecular flexibility index (Phi) is 8.02. The third kappa shape index (κ3) is 5.38. The molecule has 0 aliphatic carbocycles. The number of para-hydroxylation sites is 3. The Balaban J connectivity index is 0.00000372. The average molecular weight is 801 g/mol. The van der Waals surface area contributed by atoms with Crippen molar-refractivity contribution in [3.8, 4) is 11.5 Å². The van der Waals surface area contributed by atoms with Gasteiger partial charge in [0.2, 0.25) is 0 Å². The number of benzene rings is 4. The molecule has 4 nitrogen and oxygen atoms in total. The second-order valence-electron chi connectivity index (χ2n) is 14.7. The van der Waals surface area contributed by atoms with Crippen LogP contribution in [0.1, 0.15) is 47.1 Å². The first-order valence-corrected chi connectivity index (χ1v) is 18.8. The van der Waals surface area contributed by atoms with Crippen molar-refractivity contribution in [1.29, 1.82) is 0 Å². The number of hydrogen-bond acceptors (Lipinski definition) is 1. The Labute approximate surface area is 288 Å². The molecular formula is C40H41N4PtSi-. The smallest absolute Gasteiger partial charge is 0.188 e. The van der Waals surface area contributed by atoms with Crippen molar-refractivity contribution in [1.82, 2.24) is 18.7 Å². The van der Waals surface area contributed by atoms with Crippen molar-refractivity contribution in [2.24, 2.45) is 0 Å². The van der Waals surface area contributed by atoms with E-state index in [1.165, 1.54) is 37.7 Å².